The second kappa shape index (κ2) is 8.12. The molecule has 4 rings (SSSR count). The van der Waals surface area contributed by atoms with Crippen molar-refractivity contribution in [1.29, 1.82) is 0 Å². The lowest BCUT2D eigenvalue weighted by Crippen LogP contribution is -2.59. The van der Waals surface area contributed by atoms with Gasteiger partial charge in [0, 0.05) is 37.7 Å². The molecule has 1 aromatic carbocycles. The smallest absolute Gasteiger partial charge is 0.313 e. The number of anilines is 1. The molecule has 2 aromatic rings. The number of para-hydroxylation sites is 1. The van der Waals surface area contributed by atoms with Gasteiger partial charge >= 0.3 is 11.8 Å². The third-order valence-corrected chi connectivity index (χ3v) is 5.46. The highest BCUT2D eigenvalue weighted by Crippen LogP contribution is 2.30. The quantitative estimate of drug-likeness (QED) is 0.779. The number of hydrogen-bond donors (Lipinski definition) is 2. The van der Waals surface area contributed by atoms with E-state index < -0.39 is 11.8 Å². The van der Waals surface area contributed by atoms with E-state index in [4.69, 9.17) is 4.74 Å². The Balaban J connectivity index is 1.32. The van der Waals surface area contributed by atoms with Crippen molar-refractivity contribution < 1.29 is 14.3 Å². The molecule has 8 heteroatoms. The van der Waals surface area contributed by atoms with E-state index in [0.29, 0.717) is 25.4 Å². The summed E-state index contributed by atoms with van der Waals surface area (Å²) >= 11 is 0. The molecule has 1 spiro atoms. The molecule has 0 bridgehead atoms. The van der Waals surface area contributed by atoms with Crippen LogP contribution in [0.25, 0.3) is 0 Å². The minimum Gasteiger partial charge on any atom is -0.371 e. The van der Waals surface area contributed by atoms with Gasteiger partial charge in [0.15, 0.2) is 0 Å². The fraction of sp³-hybridized carbons (Fsp3) is 0.450. The maximum Gasteiger partial charge on any atom is 0.313 e. The van der Waals surface area contributed by atoms with Gasteiger partial charge in [-0.05, 0) is 25.0 Å². The van der Waals surface area contributed by atoms with Gasteiger partial charge in [-0.25, -0.2) is 4.98 Å². The number of aromatic amines is 1. The van der Waals surface area contributed by atoms with Crippen molar-refractivity contribution in [3.8, 4) is 0 Å². The second-order valence-corrected chi connectivity index (χ2v) is 7.39. The Morgan fingerprint density at radius 2 is 1.96 bits per heavy atom. The van der Waals surface area contributed by atoms with Crippen LogP contribution >= 0.6 is 0 Å². The van der Waals surface area contributed by atoms with E-state index in [0.717, 1.165) is 38.3 Å². The number of carbonyl (C=O) groups excluding carboxylic acids is 2. The van der Waals surface area contributed by atoms with Crippen molar-refractivity contribution in [2.24, 2.45) is 0 Å². The molecule has 28 heavy (non-hydrogen) atoms. The Morgan fingerprint density at radius 1 is 1.18 bits per heavy atom. The number of amides is 2. The van der Waals surface area contributed by atoms with Crippen molar-refractivity contribution in [2.45, 2.75) is 25.0 Å². The Kier molecular flexibility index (Phi) is 5.40. The molecule has 0 unspecified atom stereocenters. The van der Waals surface area contributed by atoms with Gasteiger partial charge in [-0.2, -0.15) is 0 Å². The summed E-state index contributed by atoms with van der Waals surface area (Å²) in [7, 11) is 0. The number of carbonyl (C=O) groups is 2. The molecule has 2 fully saturated rings. The monoisotopic (exact) mass is 383 g/mol. The van der Waals surface area contributed by atoms with Crippen molar-refractivity contribution >= 4 is 17.5 Å². The zero-order valence-corrected chi connectivity index (χ0v) is 15.8. The summed E-state index contributed by atoms with van der Waals surface area (Å²) in [6.45, 7) is 3.90. The Hall–Kier alpha value is -2.71. The first-order valence-corrected chi connectivity index (χ1v) is 9.63. The molecule has 1 aromatic heterocycles. The van der Waals surface area contributed by atoms with Crippen LogP contribution < -0.4 is 5.32 Å². The maximum absolute atomic E-state index is 12.6. The van der Waals surface area contributed by atoms with Crippen LogP contribution in [0.2, 0.25) is 0 Å². The topological polar surface area (TPSA) is 90.6 Å². The molecule has 3 heterocycles. The average molecular weight is 383 g/mol. The molecule has 2 aliphatic rings. The van der Waals surface area contributed by atoms with Crippen LogP contribution in [0.15, 0.2) is 42.7 Å². The second-order valence-electron chi connectivity index (χ2n) is 7.39. The number of rotatable bonds is 3. The van der Waals surface area contributed by atoms with Gasteiger partial charge in [-0.1, -0.05) is 18.2 Å². The first-order valence-electron chi connectivity index (χ1n) is 9.63. The van der Waals surface area contributed by atoms with E-state index in [-0.39, 0.29) is 5.60 Å². The van der Waals surface area contributed by atoms with Crippen LogP contribution in [0.3, 0.4) is 0 Å². The molecule has 2 amide bonds. The van der Waals surface area contributed by atoms with Crippen LogP contribution in [0.1, 0.15) is 18.7 Å². The summed E-state index contributed by atoms with van der Waals surface area (Å²) in [5, 5.41) is 2.67. The van der Waals surface area contributed by atoms with E-state index in [1.54, 1.807) is 23.2 Å². The molecule has 8 nitrogen and oxygen atoms in total. The van der Waals surface area contributed by atoms with Crippen LogP contribution in [0.5, 0.6) is 0 Å². The lowest BCUT2D eigenvalue weighted by atomic mass is 9.89. The number of piperidine rings is 1. The van der Waals surface area contributed by atoms with Gasteiger partial charge in [0.1, 0.15) is 5.82 Å². The number of morpholine rings is 1. The van der Waals surface area contributed by atoms with Crippen LogP contribution in [-0.4, -0.2) is 70.0 Å². The van der Waals surface area contributed by atoms with Gasteiger partial charge in [0.05, 0.1) is 25.3 Å². The number of H-pyrrole nitrogens is 1. The van der Waals surface area contributed by atoms with E-state index in [1.807, 2.05) is 24.4 Å². The molecule has 2 saturated heterocycles. The van der Waals surface area contributed by atoms with Crippen LogP contribution in [-0.2, 0) is 20.9 Å². The predicted molar refractivity (Wildman–Crippen MR) is 103 cm³/mol. The first kappa shape index (κ1) is 18.6. The summed E-state index contributed by atoms with van der Waals surface area (Å²) in [4.78, 5) is 36.4. The zero-order valence-electron chi connectivity index (χ0n) is 15.8. The number of ether oxygens (including phenoxy) is 1. The summed E-state index contributed by atoms with van der Waals surface area (Å²) in [6, 6.07) is 9.03. The molecule has 0 aliphatic carbocycles. The average Bonchev–Trinajstić information content (AvgIpc) is 3.23. The predicted octanol–water partition coefficient (Wildman–Crippen LogP) is 1.24. The van der Waals surface area contributed by atoms with Gasteiger partial charge in [-0.15, -0.1) is 0 Å². The lowest BCUT2D eigenvalue weighted by molar-refractivity contribution is -0.163. The first-order chi connectivity index (χ1) is 13.6. The molecular weight excluding hydrogens is 358 g/mol. The summed E-state index contributed by atoms with van der Waals surface area (Å²) in [6.07, 6.45) is 5.25. The van der Waals surface area contributed by atoms with Gasteiger partial charge in [-0.3, -0.25) is 14.5 Å². The largest absolute Gasteiger partial charge is 0.371 e. The number of hydrogen-bond acceptors (Lipinski definition) is 5. The molecule has 0 saturated carbocycles. The Bertz CT molecular complexity index is 801. The normalized spacial score (nSPS) is 19.5. The minimum atomic E-state index is -0.599. The van der Waals surface area contributed by atoms with Gasteiger partial charge in [0.25, 0.3) is 0 Å². The lowest BCUT2D eigenvalue weighted by Gasteiger charge is -2.47. The SMILES string of the molecule is O=C(Nc1ccccc1)C(=O)N1CCOC2(CCN(Cc3ncc[nH]3)CC2)C1. The highest BCUT2D eigenvalue weighted by Gasteiger charge is 2.42. The molecule has 0 atom stereocenters. The molecule has 148 valence electrons. The standard InChI is InChI=1S/C20H25N5O3/c26-18(23-16-4-2-1-3-5-16)19(27)25-12-13-28-20(15-25)6-10-24(11-7-20)14-17-21-8-9-22-17/h1-5,8-9H,6-7,10-15H2,(H,21,22)(H,23,26). The van der Waals surface area contributed by atoms with Crippen LogP contribution in [0.4, 0.5) is 5.69 Å². The minimum absolute atomic E-state index is 0.361. The van der Waals surface area contributed by atoms with Crippen molar-refractivity contribution in [3.63, 3.8) is 0 Å². The Labute approximate surface area is 163 Å². The fourth-order valence-electron chi connectivity index (χ4n) is 3.89. The summed E-state index contributed by atoms with van der Waals surface area (Å²) in [5.41, 5.74) is 0.260. The number of aromatic nitrogens is 2. The number of nitrogens with zero attached hydrogens (tertiary/aromatic N) is 3. The van der Waals surface area contributed by atoms with E-state index in [9.17, 15) is 9.59 Å². The van der Waals surface area contributed by atoms with Crippen molar-refractivity contribution in [2.75, 3.05) is 38.1 Å². The molecular formula is C20H25N5O3. The Morgan fingerprint density at radius 3 is 2.68 bits per heavy atom. The van der Waals surface area contributed by atoms with E-state index in [2.05, 4.69) is 20.2 Å². The maximum atomic E-state index is 12.6. The molecule has 0 radical (unpaired) electrons. The molecule has 2 N–H and O–H groups in total. The number of nitrogens with one attached hydrogen (secondary N) is 2. The number of likely N-dealkylation sites (tertiary alicyclic amines) is 1. The number of benzene rings is 1. The highest BCUT2D eigenvalue weighted by molar-refractivity contribution is 6.39. The van der Waals surface area contributed by atoms with Crippen molar-refractivity contribution in [1.82, 2.24) is 19.8 Å². The highest BCUT2D eigenvalue weighted by atomic mass is 16.5. The third-order valence-electron chi connectivity index (χ3n) is 5.46. The summed E-state index contributed by atoms with van der Waals surface area (Å²) in [5.74, 6) is -0.141. The van der Waals surface area contributed by atoms with Crippen molar-refractivity contribution in [3.05, 3.63) is 48.5 Å². The third kappa shape index (κ3) is 4.23. The van der Waals surface area contributed by atoms with Gasteiger partial charge < -0.3 is 19.9 Å². The molecule has 2 aliphatic heterocycles. The van der Waals surface area contributed by atoms with Gasteiger partial charge in [0.2, 0.25) is 0 Å². The van der Waals surface area contributed by atoms with Crippen LogP contribution in [0, 0.1) is 0 Å². The fourth-order valence-corrected chi connectivity index (χ4v) is 3.89. The zero-order chi connectivity index (χ0) is 19.4. The van der Waals surface area contributed by atoms with E-state index >= 15 is 0 Å². The van der Waals surface area contributed by atoms with E-state index in [1.165, 1.54) is 0 Å². The summed E-state index contributed by atoms with van der Waals surface area (Å²) < 4.78 is 6.09. The number of imidazole rings is 1.